The molecular weight excluding hydrogens is 290 g/mol. The van der Waals surface area contributed by atoms with Crippen molar-refractivity contribution in [2.75, 3.05) is 32.8 Å². The summed E-state index contributed by atoms with van der Waals surface area (Å²) in [5.74, 6) is -2.99. The fourth-order valence-electron chi connectivity index (χ4n) is 2.40. The number of rotatable bonds is 4. The number of imide groups is 1. The first-order valence-corrected chi connectivity index (χ1v) is 7.40. The number of hydrogen-bond donors (Lipinski definition) is 1. The Morgan fingerprint density at radius 2 is 2.00 bits per heavy atom. The molecule has 0 saturated carbocycles. The van der Waals surface area contributed by atoms with E-state index < -0.39 is 23.6 Å². The molecule has 0 bridgehead atoms. The number of likely N-dealkylation sites (tertiary alicyclic amines) is 1. The number of amides is 3. The predicted octanol–water partition coefficient (Wildman–Crippen LogP) is -0.878. The first-order chi connectivity index (χ1) is 10.4. The van der Waals surface area contributed by atoms with Crippen LogP contribution in [0.2, 0.25) is 0 Å². The van der Waals surface area contributed by atoms with E-state index in [1.807, 2.05) is 0 Å². The van der Waals surface area contributed by atoms with Crippen LogP contribution >= 0.6 is 0 Å². The van der Waals surface area contributed by atoms with Gasteiger partial charge in [0.05, 0.1) is 12.5 Å². The number of piperidine rings is 1. The Morgan fingerprint density at radius 3 is 2.55 bits per heavy atom. The van der Waals surface area contributed by atoms with Crippen LogP contribution in [0.4, 0.5) is 0 Å². The molecule has 0 aromatic rings. The second kappa shape index (κ2) is 8.47. The van der Waals surface area contributed by atoms with Gasteiger partial charge in [-0.3, -0.25) is 24.1 Å². The minimum atomic E-state index is -0.901. The summed E-state index contributed by atoms with van der Waals surface area (Å²) in [7, 11) is 0. The number of carbonyl (C=O) groups is 4. The second-order valence-electron chi connectivity index (χ2n) is 5.11. The van der Waals surface area contributed by atoms with Crippen LogP contribution in [0.5, 0.6) is 0 Å². The summed E-state index contributed by atoms with van der Waals surface area (Å²) in [5, 5.41) is 0. The zero-order chi connectivity index (χ0) is 16.7. The summed E-state index contributed by atoms with van der Waals surface area (Å²) < 4.78 is 4.95. The largest absolute Gasteiger partial charge is 0.466 e. The van der Waals surface area contributed by atoms with Crippen molar-refractivity contribution in [2.45, 2.75) is 26.7 Å². The molecule has 2 N–H and O–H groups in total. The summed E-state index contributed by atoms with van der Waals surface area (Å²) in [5.41, 5.74) is 5.35. The molecule has 8 nitrogen and oxygen atoms in total. The summed E-state index contributed by atoms with van der Waals surface area (Å²) >= 11 is 0. The third-order valence-electron chi connectivity index (χ3n) is 3.49. The van der Waals surface area contributed by atoms with Crippen LogP contribution in [0.3, 0.4) is 0 Å². The standard InChI is InChI=1S/C14H23N3O5/c1-3-22-14(21)11-5-4-7-16(9-11)12(19)13(20)17(8-6-15)10(2)18/h11H,3-9,15H2,1-2H3. The van der Waals surface area contributed by atoms with Crippen molar-refractivity contribution in [1.29, 1.82) is 0 Å². The fourth-order valence-corrected chi connectivity index (χ4v) is 2.40. The van der Waals surface area contributed by atoms with Crippen LogP contribution in [-0.2, 0) is 23.9 Å². The third-order valence-corrected chi connectivity index (χ3v) is 3.49. The molecule has 0 aliphatic carbocycles. The van der Waals surface area contributed by atoms with Crippen molar-refractivity contribution in [3.05, 3.63) is 0 Å². The first-order valence-electron chi connectivity index (χ1n) is 7.40. The number of nitrogens with two attached hydrogens (primary N) is 1. The molecule has 0 radical (unpaired) electrons. The molecule has 1 unspecified atom stereocenters. The molecule has 1 atom stereocenters. The molecular formula is C14H23N3O5. The maximum absolute atomic E-state index is 12.2. The van der Waals surface area contributed by atoms with E-state index >= 15 is 0 Å². The first kappa shape index (κ1) is 18.1. The van der Waals surface area contributed by atoms with Gasteiger partial charge in [0.15, 0.2) is 0 Å². The SMILES string of the molecule is CCOC(=O)C1CCCN(C(=O)C(=O)N(CCN)C(C)=O)C1. The van der Waals surface area contributed by atoms with E-state index in [1.165, 1.54) is 11.8 Å². The highest BCUT2D eigenvalue weighted by Crippen LogP contribution is 2.18. The van der Waals surface area contributed by atoms with Crippen molar-refractivity contribution in [1.82, 2.24) is 9.80 Å². The fraction of sp³-hybridized carbons (Fsp3) is 0.714. The summed E-state index contributed by atoms with van der Waals surface area (Å²) in [6.45, 7) is 3.80. The Kier molecular flexibility index (Phi) is 6.97. The molecule has 1 heterocycles. The van der Waals surface area contributed by atoms with Gasteiger partial charge in [-0.25, -0.2) is 0 Å². The Morgan fingerprint density at radius 1 is 1.32 bits per heavy atom. The molecule has 1 rings (SSSR count). The third kappa shape index (κ3) is 4.52. The highest BCUT2D eigenvalue weighted by Gasteiger charge is 2.34. The van der Waals surface area contributed by atoms with Gasteiger partial charge in [0.25, 0.3) is 0 Å². The van der Waals surface area contributed by atoms with Gasteiger partial charge in [-0.1, -0.05) is 0 Å². The topological polar surface area (TPSA) is 110 Å². The number of carbonyl (C=O) groups excluding carboxylic acids is 4. The van der Waals surface area contributed by atoms with Gasteiger partial charge in [0.1, 0.15) is 0 Å². The predicted molar refractivity (Wildman–Crippen MR) is 77.4 cm³/mol. The van der Waals surface area contributed by atoms with Gasteiger partial charge < -0.3 is 15.4 Å². The lowest BCUT2D eigenvalue weighted by Crippen LogP contribution is -2.51. The molecule has 1 aliphatic heterocycles. The Hall–Kier alpha value is -1.96. The van der Waals surface area contributed by atoms with E-state index in [9.17, 15) is 19.2 Å². The second-order valence-corrected chi connectivity index (χ2v) is 5.11. The van der Waals surface area contributed by atoms with Crippen LogP contribution < -0.4 is 5.73 Å². The average molecular weight is 313 g/mol. The van der Waals surface area contributed by atoms with Crippen LogP contribution in [0.25, 0.3) is 0 Å². The smallest absolute Gasteiger partial charge is 0.318 e. The lowest BCUT2D eigenvalue weighted by molar-refractivity contribution is -0.159. The van der Waals surface area contributed by atoms with Crippen LogP contribution in [-0.4, -0.2) is 66.3 Å². The van der Waals surface area contributed by atoms with Crippen molar-refractivity contribution < 1.29 is 23.9 Å². The average Bonchev–Trinajstić information content (AvgIpc) is 2.51. The normalized spacial score (nSPS) is 17.8. The van der Waals surface area contributed by atoms with E-state index in [0.717, 1.165) is 4.90 Å². The number of esters is 1. The molecule has 8 heteroatoms. The van der Waals surface area contributed by atoms with Gasteiger partial charge in [-0.05, 0) is 19.8 Å². The van der Waals surface area contributed by atoms with E-state index in [1.54, 1.807) is 6.92 Å². The van der Waals surface area contributed by atoms with E-state index in [2.05, 4.69) is 0 Å². The molecule has 1 aliphatic rings. The van der Waals surface area contributed by atoms with Crippen LogP contribution in [0.1, 0.15) is 26.7 Å². The van der Waals surface area contributed by atoms with E-state index in [4.69, 9.17) is 10.5 Å². The summed E-state index contributed by atoms with van der Waals surface area (Å²) in [4.78, 5) is 49.7. The van der Waals surface area contributed by atoms with E-state index in [-0.39, 0.29) is 32.2 Å². The lowest BCUT2D eigenvalue weighted by Gasteiger charge is -2.32. The van der Waals surface area contributed by atoms with Crippen molar-refractivity contribution in [3.63, 3.8) is 0 Å². The Labute approximate surface area is 129 Å². The molecule has 22 heavy (non-hydrogen) atoms. The molecule has 1 fully saturated rings. The number of nitrogens with zero attached hydrogens (tertiary/aromatic N) is 2. The van der Waals surface area contributed by atoms with E-state index in [0.29, 0.717) is 19.4 Å². The lowest BCUT2D eigenvalue weighted by atomic mass is 9.98. The maximum atomic E-state index is 12.2. The van der Waals surface area contributed by atoms with Crippen molar-refractivity contribution in [2.24, 2.45) is 11.7 Å². The summed E-state index contributed by atoms with van der Waals surface area (Å²) in [6.07, 6.45) is 1.23. The summed E-state index contributed by atoms with van der Waals surface area (Å²) in [6, 6.07) is 0. The van der Waals surface area contributed by atoms with Crippen LogP contribution in [0, 0.1) is 5.92 Å². The quantitative estimate of drug-likeness (QED) is 0.533. The minimum Gasteiger partial charge on any atom is -0.466 e. The van der Waals surface area contributed by atoms with Gasteiger partial charge in [-0.2, -0.15) is 0 Å². The minimum absolute atomic E-state index is 0.00491. The molecule has 1 saturated heterocycles. The molecule has 3 amide bonds. The maximum Gasteiger partial charge on any atom is 0.318 e. The zero-order valence-corrected chi connectivity index (χ0v) is 13.0. The van der Waals surface area contributed by atoms with Crippen LogP contribution in [0.15, 0.2) is 0 Å². The monoisotopic (exact) mass is 313 g/mol. The zero-order valence-electron chi connectivity index (χ0n) is 13.0. The molecule has 124 valence electrons. The number of ether oxygens (including phenoxy) is 1. The molecule has 0 aromatic heterocycles. The van der Waals surface area contributed by atoms with Crippen molar-refractivity contribution in [3.8, 4) is 0 Å². The Balaban J connectivity index is 2.73. The Bertz CT molecular complexity index is 452. The van der Waals surface area contributed by atoms with Gasteiger partial charge in [0, 0.05) is 33.1 Å². The van der Waals surface area contributed by atoms with Gasteiger partial charge >= 0.3 is 17.8 Å². The number of hydrogen-bond acceptors (Lipinski definition) is 6. The van der Waals surface area contributed by atoms with Crippen molar-refractivity contribution >= 4 is 23.7 Å². The van der Waals surface area contributed by atoms with Gasteiger partial charge in [-0.15, -0.1) is 0 Å². The molecule has 0 aromatic carbocycles. The molecule has 0 spiro atoms. The highest BCUT2D eigenvalue weighted by atomic mass is 16.5. The highest BCUT2D eigenvalue weighted by molar-refractivity contribution is 6.37. The van der Waals surface area contributed by atoms with Gasteiger partial charge in [0.2, 0.25) is 5.91 Å².